The number of ether oxygens (including phenoxy) is 2. The van der Waals surface area contributed by atoms with E-state index in [9.17, 15) is 0 Å². The summed E-state index contributed by atoms with van der Waals surface area (Å²) >= 11 is 0. The van der Waals surface area contributed by atoms with E-state index in [-0.39, 0.29) is 0 Å². The molecule has 2 atom stereocenters. The molecule has 1 aliphatic heterocycles. The van der Waals surface area contributed by atoms with Crippen molar-refractivity contribution >= 4 is 0 Å². The number of hydrogen-bond donors (Lipinski definition) is 1. The van der Waals surface area contributed by atoms with E-state index in [0.29, 0.717) is 12.0 Å². The van der Waals surface area contributed by atoms with E-state index >= 15 is 0 Å². The largest absolute Gasteiger partial charge is 0.496 e. The van der Waals surface area contributed by atoms with Crippen molar-refractivity contribution in [1.82, 2.24) is 5.32 Å². The highest BCUT2D eigenvalue weighted by atomic mass is 16.5. The van der Waals surface area contributed by atoms with Gasteiger partial charge >= 0.3 is 0 Å². The van der Waals surface area contributed by atoms with Crippen LogP contribution in [0.5, 0.6) is 5.75 Å². The normalized spacial score (nSPS) is 20.5. The maximum Gasteiger partial charge on any atom is 0.123 e. The van der Waals surface area contributed by atoms with Gasteiger partial charge in [-0.1, -0.05) is 19.1 Å². The zero-order valence-electron chi connectivity index (χ0n) is 12.2. The molecule has 3 nitrogen and oxygen atoms in total. The van der Waals surface area contributed by atoms with Gasteiger partial charge in [-0.05, 0) is 37.9 Å². The van der Waals surface area contributed by atoms with Crippen LogP contribution in [0.4, 0.5) is 0 Å². The fourth-order valence-electron chi connectivity index (χ4n) is 2.72. The molecule has 3 heteroatoms. The van der Waals surface area contributed by atoms with Crippen molar-refractivity contribution < 1.29 is 9.47 Å². The van der Waals surface area contributed by atoms with Gasteiger partial charge in [0.2, 0.25) is 0 Å². The zero-order valence-corrected chi connectivity index (χ0v) is 12.2. The molecule has 0 aromatic heterocycles. The lowest BCUT2D eigenvalue weighted by molar-refractivity contribution is 0.176. The number of hydrogen-bond acceptors (Lipinski definition) is 3. The standard InChI is InChI=1S/C16H25NO2/c1-4-8-17-16(13-7-9-19-11-13)14-6-5-12(2)10-15(14)18-3/h5-6,10,13,16-17H,4,7-9,11H2,1-3H3. The summed E-state index contributed by atoms with van der Waals surface area (Å²) < 4.78 is 11.1. The third-order valence-corrected chi connectivity index (χ3v) is 3.77. The van der Waals surface area contributed by atoms with E-state index in [4.69, 9.17) is 9.47 Å². The molecule has 0 saturated carbocycles. The van der Waals surface area contributed by atoms with Crippen molar-refractivity contribution in [2.24, 2.45) is 5.92 Å². The predicted octanol–water partition coefficient (Wildman–Crippen LogP) is 3.08. The van der Waals surface area contributed by atoms with Crippen LogP contribution < -0.4 is 10.1 Å². The number of benzene rings is 1. The minimum atomic E-state index is 0.331. The van der Waals surface area contributed by atoms with Gasteiger partial charge in [0, 0.05) is 24.1 Å². The van der Waals surface area contributed by atoms with Crippen molar-refractivity contribution in [3.8, 4) is 5.75 Å². The summed E-state index contributed by atoms with van der Waals surface area (Å²) in [6.45, 7) is 7.04. The molecule has 0 bridgehead atoms. The van der Waals surface area contributed by atoms with Gasteiger partial charge < -0.3 is 14.8 Å². The minimum absolute atomic E-state index is 0.331. The molecule has 1 aromatic rings. The van der Waals surface area contributed by atoms with Gasteiger partial charge in [-0.15, -0.1) is 0 Å². The summed E-state index contributed by atoms with van der Waals surface area (Å²) in [4.78, 5) is 0. The average Bonchev–Trinajstić information content (AvgIpc) is 2.94. The quantitative estimate of drug-likeness (QED) is 0.855. The Hall–Kier alpha value is -1.06. The lowest BCUT2D eigenvalue weighted by atomic mass is 9.91. The van der Waals surface area contributed by atoms with Crippen LogP contribution in [0, 0.1) is 12.8 Å². The van der Waals surface area contributed by atoms with Crippen molar-refractivity contribution in [3.05, 3.63) is 29.3 Å². The molecule has 19 heavy (non-hydrogen) atoms. The highest BCUT2D eigenvalue weighted by molar-refractivity contribution is 5.39. The maximum atomic E-state index is 5.57. The van der Waals surface area contributed by atoms with E-state index in [1.165, 1.54) is 11.1 Å². The van der Waals surface area contributed by atoms with Crippen molar-refractivity contribution in [1.29, 1.82) is 0 Å². The second kappa shape index (κ2) is 6.92. The SMILES string of the molecule is CCCNC(c1ccc(C)cc1OC)C1CCOC1. The van der Waals surface area contributed by atoms with Crippen molar-refractivity contribution in [3.63, 3.8) is 0 Å². The Morgan fingerprint density at radius 3 is 2.95 bits per heavy atom. The van der Waals surface area contributed by atoms with Crippen LogP contribution in [0.25, 0.3) is 0 Å². The molecule has 2 unspecified atom stereocenters. The lowest BCUT2D eigenvalue weighted by Gasteiger charge is -2.26. The Bertz CT molecular complexity index is 400. The summed E-state index contributed by atoms with van der Waals surface area (Å²) in [5.74, 6) is 1.53. The molecule has 1 aromatic carbocycles. The Morgan fingerprint density at radius 2 is 2.32 bits per heavy atom. The minimum Gasteiger partial charge on any atom is -0.496 e. The Balaban J connectivity index is 2.25. The van der Waals surface area contributed by atoms with E-state index in [0.717, 1.165) is 38.3 Å². The number of aryl methyl sites for hydroxylation is 1. The van der Waals surface area contributed by atoms with E-state index < -0.39 is 0 Å². The third kappa shape index (κ3) is 3.48. The second-order valence-electron chi connectivity index (χ2n) is 5.30. The monoisotopic (exact) mass is 263 g/mol. The summed E-state index contributed by atoms with van der Waals surface area (Å²) in [6, 6.07) is 6.80. The van der Waals surface area contributed by atoms with E-state index in [2.05, 4.69) is 37.4 Å². The van der Waals surface area contributed by atoms with Crippen LogP contribution in [0.15, 0.2) is 18.2 Å². The van der Waals surface area contributed by atoms with Gasteiger partial charge in [-0.25, -0.2) is 0 Å². The Morgan fingerprint density at radius 1 is 1.47 bits per heavy atom. The molecule has 106 valence electrons. The summed E-state index contributed by atoms with van der Waals surface area (Å²) in [7, 11) is 1.75. The van der Waals surface area contributed by atoms with Gasteiger partial charge in [-0.2, -0.15) is 0 Å². The van der Waals surface area contributed by atoms with Crippen LogP contribution in [-0.2, 0) is 4.74 Å². The van der Waals surface area contributed by atoms with Gasteiger partial charge in [-0.3, -0.25) is 0 Å². The Labute approximate surface area is 116 Å². The van der Waals surface area contributed by atoms with Crippen molar-refractivity contribution in [2.75, 3.05) is 26.9 Å². The molecule has 1 saturated heterocycles. The first kappa shape index (κ1) is 14.4. The third-order valence-electron chi connectivity index (χ3n) is 3.77. The van der Waals surface area contributed by atoms with Crippen LogP contribution in [0.1, 0.15) is 36.9 Å². The molecular weight excluding hydrogens is 238 g/mol. The lowest BCUT2D eigenvalue weighted by Crippen LogP contribution is -2.29. The van der Waals surface area contributed by atoms with Gasteiger partial charge in [0.1, 0.15) is 5.75 Å². The molecule has 1 aliphatic rings. The maximum absolute atomic E-state index is 5.57. The van der Waals surface area contributed by atoms with Crippen LogP contribution in [-0.4, -0.2) is 26.9 Å². The number of methoxy groups -OCH3 is 1. The van der Waals surface area contributed by atoms with Crippen LogP contribution >= 0.6 is 0 Å². The first-order valence-corrected chi connectivity index (χ1v) is 7.22. The fourth-order valence-corrected chi connectivity index (χ4v) is 2.72. The summed E-state index contributed by atoms with van der Waals surface area (Å²) in [5, 5.41) is 3.66. The van der Waals surface area contributed by atoms with E-state index in [1.807, 2.05) is 0 Å². The predicted molar refractivity (Wildman–Crippen MR) is 77.7 cm³/mol. The molecular formula is C16H25NO2. The smallest absolute Gasteiger partial charge is 0.123 e. The summed E-state index contributed by atoms with van der Waals surface area (Å²) in [6.07, 6.45) is 2.26. The topological polar surface area (TPSA) is 30.5 Å². The molecule has 0 amide bonds. The number of nitrogens with one attached hydrogen (secondary N) is 1. The molecule has 0 spiro atoms. The molecule has 0 aliphatic carbocycles. The highest BCUT2D eigenvalue weighted by Gasteiger charge is 2.28. The second-order valence-corrected chi connectivity index (χ2v) is 5.30. The Kier molecular flexibility index (Phi) is 5.23. The first-order chi connectivity index (χ1) is 9.26. The zero-order chi connectivity index (χ0) is 13.7. The molecule has 1 heterocycles. The highest BCUT2D eigenvalue weighted by Crippen LogP contribution is 2.34. The van der Waals surface area contributed by atoms with Gasteiger partial charge in [0.05, 0.1) is 13.7 Å². The van der Waals surface area contributed by atoms with Crippen molar-refractivity contribution in [2.45, 2.75) is 32.7 Å². The van der Waals surface area contributed by atoms with E-state index in [1.54, 1.807) is 7.11 Å². The van der Waals surface area contributed by atoms with Gasteiger partial charge in [0.15, 0.2) is 0 Å². The molecule has 1 N–H and O–H groups in total. The van der Waals surface area contributed by atoms with Crippen LogP contribution in [0.3, 0.4) is 0 Å². The first-order valence-electron chi connectivity index (χ1n) is 7.22. The molecule has 2 rings (SSSR count). The summed E-state index contributed by atoms with van der Waals surface area (Å²) in [5.41, 5.74) is 2.49. The average molecular weight is 263 g/mol. The fraction of sp³-hybridized carbons (Fsp3) is 0.625. The molecule has 1 fully saturated rings. The van der Waals surface area contributed by atoms with Gasteiger partial charge in [0.25, 0.3) is 0 Å². The number of rotatable bonds is 6. The van der Waals surface area contributed by atoms with Crippen LogP contribution in [0.2, 0.25) is 0 Å². The molecule has 0 radical (unpaired) electrons.